The summed E-state index contributed by atoms with van der Waals surface area (Å²) in [7, 11) is 0. The van der Waals surface area contributed by atoms with Gasteiger partial charge in [0.1, 0.15) is 11.8 Å². The van der Waals surface area contributed by atoms with E-state index in [0.29, 0.717) is 17.8 Å². The van der Waals surface area contributed by atoms with Gasteiger partial charge in [-0.05, 0) is 31.6 Å². The van der Waals surface area contributed by atoms with Gasteiger partial charge < -0.3 is 10.5 Å². The summed E-state index contributed by atoms with van der Waals surface area (Å²) in [6, 6.07) is 2.17. The van der Waals surface area contributed by atoms with Gasteiger partial charge in [0.25, 0.3) is 0 Å². The number of Topliss-reactive ketones (excluding diaryl/α,β-unsaturated/α-hetero) is 1. The lowest BCUT2D eigenvalue weighted by Crippen LogP contribution is -2.33. The minimum Gasteiger partial charge on any atom is -0.444 e. The van der Waals surface area contributed by atoms with Gasteiger partial charge in [0, 0.05) is 24.3 Å². The average Bonchev–Trinajstić information content (AvgIpc) is 2.47. The summed E-state index contributed by atoms with van der Waals surface area (Å²) in [5, 5.41) is 9.42. The van der Waals surface area contributed by atoms with E-state index >= 15 is 0 Å². The highest BCUT2D eigenvalue weighted by Crippen LogP contribution is 2.44. The fourth-order valence-corrected chi connectivity index (χ4v) is 3.49. The molecule has 1 heterocycles. The molecule has 2 aliphatic carbocycles. The standard InChI is InChI=1S/C16H18N2O2/c17-9-11-14(10-5-2-1-3-6-10)15-12(19)7-4-8-13(15)20-16(11)18/h1-2,10,14H,3-8,18H2/t10-,14-/m1/s1. The van der Waals surface area contributed by atoms with E-state index in [9.17, 15) is 10.1 Å². The van der Waals surface area contributed by atoms with Gasteiger partial charge in [-0.3, -0.25) is 4.79 Å². The molecule has 3 aliphatic rings. The van der Waals surface area contributed by atoms with Crippen LogP contribution in [0.1, 0.15) is 38.5 Å². The molecular formula is C16H18N2O2. The summed E-state index contributed by atoms with van der Waals surface area (Å²) in [5.41, 5.74) is 7.08. The van der Waals surface area contributed by atoms with Crippen molar-refractivity contribution in [2.45, 2.75) is 38.5 Å². The lowest BCUT2D eigenvalue weighted by molar-refractivity contribution is -0.117. The molecule has 0 spiro atoms. The number of carbonyl (C=O) groups is 1. The molecule has 0 aromatic heterocycles. The highest BCUT2D eigenvalue weighted by Gasteiger charge is 2.40. The Balaban J connectivity index is 2.05. The van der Waals surface area contributed by atoms with Crippen molar-refractivity contribution in [3.63, 3.8) is 0 Å². The normalized spacial score (nSPS) is 29.9. The van der Waals surface area contributed by atoms with E-state index in [1.807, 2.05) is 0 Å². The number of nitrogens with two attached hydrogens (primary N) is 1. The lowest BCUT2D eigenvalue weighted by Gasteiger charge is -2.35. The molecule has 3 rings (SSSR count). The van der Waals surface area contributed by atoms with E-state index in [1.165, 1.54) is 0 Å². The second-order valence-electron chi connectivity index (χ2n) is 5.63. The number of nitrogens with zero attached hydrogens (tertiary/aromatic N) is 1. The van der Waals surface area contributed by atoms with Crippen LogP contribution in [-0.4, -0.2) is 5.78 Å². The number of nitriles is 1. The third-order valence-corrected chi connectivity index (χ3v) is 4.43. The molecule has 0 bridgehead atoms. The van der Waals surface area contributed by atoms with Crippen LogP contribution in [0.25, 0.3) is 0 Å². The Morgan fingerprint density at radius 1 is 1.35 bits per heavy atom. The van der Waals surface area contributed by atoms with Gasteiger partial charge >= 0.3 is 0 Å². The molecule has 1 aliphatic heterocycles. The number of rotatable bonds is 1. The maximum absolute atomic E-state index is 12.3. The highest BCUT2D eigenvalue weighted by molar-refractivity contribution is 5.98. The molecule has 0 aromatic rings. The summed E-state index contributed by atoms with van der Waals surface area (Å²) >= 11 is 0. The zero-order valence-electron chi connectivity index (χ0n) is 11.4. The van der Waals surface area contributed by atoms with Crippen molar-refractivity contribution in [3.8, 4) is 6.07 Å². The zero-order valence-corrected chi connectivity index (χ0v) is 11.4. The van der Waals surface area contributed by atoms with Crippen LogP contribution in [0, 0.1) is 23.2 Å². The number of ketones is 1. The average molecular weight is 270 g/mol. The molecular weight excluding hydrogens is 252 g/mol. The molecule has 2 atom stereocenters. The first-order valence-corrected chi connectivity index (χ1v) is 7.21. The molecule has 104 valence electrons. The van der Waals surface area contributed by atoms with Crippen LogP contribution in [0.2, 0.25) is 0 Å². The van der Waals surface area contributed by atoms with Crippen LogP contribution in [0.4, 0.5) is 0 Å². The number of allylic oxidation sites excluding steroid dienone is 5. The summed E-state index contributed by atoms with van der Waals surface area (Å²) in [4.78, 5) is 12.3. The molecule has 0 amide bonds. The fourth-order valence-electron chi connectivity index (χ4n) is 3.49. The first kappa shape index (κ1) is 13.0. The van der Waals surface area contributed by atoms with E-state index in [0.717, 1.165) is 37.7 Å². The monoisotopic (exact) mass is 270 g/mol. The summed E-state index contributed by atoms with van der Waals surface area (Å²) in [6.07, 6.45) is 9.30. The summed E-state index contributed by atoms with van der Waals surface area (Å²) in [5.74, 6) is 1.15. The van der Waals surface area contributed by atoms with E-state index < -0.39 is 0 Å². The maximum atomic E-state index is 12.3. The van der Waals surface area contributed by atoms with Gasteiger partial charge in [-0.1, -0.05) is 12.2 Å². The van der Waals surface area contributed by atoms with Gasteiger partial charge in [0.05, 0.1) is 5.57 Å². The van der Waals surface area contributed by atoms with Gasteiger partial charge in [-0.2, -0.15) is 5.26 Å². The minimum atomic E-state index is -0.165. The lowest BCUT2D eigenvalue weighted by atomic mass is 9.71. The van der Waals surface area contributed by atoms with Gasteiger partial charge in [0.2, 0.25) is 5.88 Å². The van der Waals surface area contributed by atoms with Crippen molar-refractivity contribution in [2.75, 3.05) is 0 Å². The second kappa shape index (κ2) is 5.16. The van der Waals surface area contributed by atoms with Crippen molar-refractivity contribution in [1.82, 2.24) is 0 Å². The predicted octanol–water partition coefficient (Wildman–Crippen LogP) is 2.69. The molecule has 20 heavy (non-hydrogen) atoms. The topological polar surface area (TPSA) is 76.1 Å². The Morgan fingerprint density at radius 2 is 2.20 bits per heavy atom. The Labute approximate surface area is 118 Å². The van der Waals surface area contributed by atoms with Crippen LogP contribution < -0.4 is 5.73 Å². The van der Waals surface area contributed by atoms with Gasteiger partial charge in [-0.25, -0.2) is 0 Å². The molecule has 2 N–H and O–H groups in total. The SMILES string of the molecule is N#CC1=C(N)OC2=C(C(=O)CCC2)[C@@H]1[C@@H]1CC=CCC1. The van der Waals surface area contributed by atoms with Crippen LogP contribution in [-0.2, 0) is 9.53 Å². The van der Waals surface area contributed by atoms with Crippen LogP contribution in [0.5, 0.6) is 0 Å². The van der Waals surface area contributed by atoms with E-state index in [2.05, 4.69) is 18.2 Å². The Kier molecular flexibility index (Phi) is 3.35. The third-order valence-electron chi connectivity index (χ3n) is 4.43. The minimum absolute atomic E-state index is 0.131. The van der Waals surface area contributed by atoms with Crippen molar-refractivity contribution < 1.29 is 9.53 Å². The Hall–Kier alpha value is -2.02. The second-order valence-corrected chi connectivity index (χ2v) is 5.63. The summed E-state index contributed by atoms with van der Waals surface area (Å²) in [6.45, 7) is 0. The van der Waals surface area contributed by atoms with Crippen LogP contribution in [0.15, 0.2) is 34.9 Å². The molecule has 0 saturated heterocycles. The zero-order chi connectivity index (χ0) is 14.1. The van der Waals surface area contributed by atoms with Crippen molar-refractivity contribution in [2.24, 2.45) is 17.6 Å². The van der Waals surface area contributed by atoms with Crippen molar-refractivity contribution in [3.05, 3.63) is 34.9 Å². The molecule has 4 heteroatoms. The Morgan fingerprint density at radius 3 is 2.90 bits per heavy atom. The molecule has 0 fully saturated rings. The van der Waals surface area contributed by atoms with E-state index in [-0.39, 0.29) is 23.5 Å². The molecule has 0 unspecified atom stereocenters. The van der Waals surface area contributed by atoms with Gasteiger partial charge in [-0.15, -0.1) is 0 Å². The maximum Gasteiger partial charge on any atom is 0.204 e. The summed E-state index contributed by atoms with van der Waals surface area (Å²) < 4.78 is 5.56. The number of ether oxygens (including phenoxy) is 1. The molecule has 4 nitrogen and oxygen atoms in total. The van der Waals surface area contributed by atoms with E-state index in [4.69, 9.17) is 10.5 Å². The third kappa shape index (κ3) is 2.03. The fraction of sp³-hybridized carbons (Fsp3) is 0.500. The van der Waals surface area contributed by atoms with E-state index in [1.54, 1.807) is 0 Å². The first-order chi connectivity index (χ1) is 9.72. The largest absolute Gasteiger partial charge is 0.444 e. The van der Waals surface area contributed by atoms with Crippen LogP contribution in [0.3, 0.4) is 0 Å². The quantitative estimate of drug-likeness (QED) is 0.743. The van der Waals surface area contributed by atoms with Gasteiger partial charge in [0.15, 0.2) is 5.78 Å². The Bertz CT molecular complexity index is 578. The van der Waals surface area contributed by atoms with Crippen molar-refractivity contribution in [1.29, 1.82) is 5.26 Å². The van der Waals surface area contributed by atoms with Crippen LogP contribution >= 0.6 is 0 Å². The first-order valence-electron chi connectivity index (χ1n) is 7.21. The van der Waals surface area contributed by atoms with Crippen molar-refractivity contribution >= 4 is 5.78 Å². The molecule has 0 saturated carbocycles. The molecule has 0 radical (unpaired) electrons. The smallest absolute Gasteiger partial charge is 0.204 e. The number of carbonyl (C=O) groups excluding carboxylic acids is 1. The molecule has 0 aromatic carbocycles. The number of hydrogen-bond acceptors (Lipinski definition) is 4. The highest BCUT2D eigenvalue weighted by atomic mass is 16.5. The number of hydrogen-bond donors (Lipinski definition) is 1. The predicted molar refractivity (Wildman–Crippen MR) is 73.8 cm³/mol.